The van der Waals surface area contributed by atoms with E-state index in [1.807, 2.05) is 11.3 Å². The molecule has 0 aromatic carbocycles. The van der Waals surface area contributed by atoms with Crippen molar-refractivity contribution in [2.45, 2.75) is 45.6 Å². The summed E-state index contributed by atoms with van der Waals surface area (Å²) in [5.41, 5.74) is 1.54. The highest BCUT2D eigenvalue weighted by molar-refractivity contribution is 7.11. The standard InChI is InChI=1S/C17H29N3OS/c1-17(2,3)16-18-14-5-8-20(13-15(14)22-16)7-4-6-19-9-11-21-12-10-19/h4-13H2,1-3H3. The van der Waals surface area contributed by atoms with Gasteiger partial charge in [-0.2, -0.15) is 0 Å². The zero-order valence-electron chi connectivity index (χ0n) is 14.2. The molecule has 2 aliphatic rings. The maximum atomic E-state index is 5.41. The van der Waals surface area contributed by atoms with E-state index in [0.717, 1.165) is 39.3 Å². The zero-order chi connectivity index (χ0) is 15.6. The van der Waals surface area contributed by atoms with E-state index in [0.29, 0.717) is 0 Å². The lowest BCUT2D eigenvalue weighted by Gasteiger charge is -2.29. The molecule has 3 heterocycles. The summed E-state index contributed by atoms with van der Waals surface area (Å²) in [6, 6.07) is 0. The maximum absolute atomic E-state index is 5.41. The number of hydrogen-bond acceptors (Lipinski definition) is 5. The van der Waals surface area contributed by atoms with Gasteiger partial charge in [0.15, 0.2) is 0 Å². The van der Waals surface area contributed by atoms with Crippen molar-refractivity contribution in [3.05, 3.63) is 15.6 Å². The second kappa shape index (κ2) is 6.95. The van der Waals surface area contributed by atoms with Crippen molar-refractivity contribution >= 4 is 11.3 Å². The highest BCUT2D eigenvalue weighted by Crippen LogP contribution is 2.32. The van der Waals surface area contributed by atoms with Gasteiger partial charge in [-0.3, -0.25) is 9.80 Å². The zero-order valence-corrected chi connectivity index (χ0v) is 15.0. The average molecular weight is 324 g/mol. The average Bonchev–Trinajstić information content (AvgIpc) is 2.92. The number of morpholine rings is 1. The summed E-state index contributed by atoms with van der Waals surface area (Å²) in [5, 5.41) is 1.30. The molecule has 0 radical (unpaired) electrons. The van der Waals surface area contributed by atoms with Crippen molar-refractivity contribution < 1.29 is 4.74 Å². The van der Waals surface area contributed by atoms with Crippen LogP contribution in [0.1, 0.15) is 42.8 Å². The monoisotopic (exact) mass is 323 g/mol. The smallest absolute Gasteiger partial charge is 0.0985 e. The van der Waals surface area contributed by atoms with E-state index in [-0.39, 0.29) is 5.41 Å². The fraction of sp³-hybridized carbons (Fsp3) is 0.824. The highest BCUT2D eigenvalue weighted by atomic mass is 32.1. The normalized spacial score (nSPS) is 21.0. The van der Waals surface area contributed by atoms with Gasteiger partial charge in [0, 0.05) is 42.9 Å². The summed E-state index contributed by atoms with van der Waals surface area (Å²) >= 11 is 1.93. The largest absolute Gasteiger partial charge is 0.379 e. The lowest BCUT2D eigenvalue weighted by atomic mass is 9.98. The van der Waals surface area contributed by atoms with Gasteiger partial charge in [0.2, 0.25) is 0 Å². The number of ether oxygens (including phenoxy) is 1. The van der Waals surface area contributed by atoms with E-state index in [1.54, 1.807) is 0 Å². The molecular formula is C17H29N3OS. The number of hydrogen-bond donors (Lipinski definition) is 0. The molecule has 3 rings (SSSR count). The molecule has 1 fully saturated rings. The molecule has 124 valence electrons. The Kier molecular flexibility index (Phi) is 5.17. The van der Waals surface area contributed by atoms with Crippen LogP contribution in [0.15, 0.2) is 0 Å². The first-order chi connectivity index (χ1) is 10.5. The Balaban J connectivity index is 1.48. The minimum Gasteiger partial charge on any atom is -0.379 e. The van der Waals surface area contributed by atoms with Gasteiger partial charge in [0.1, 0.15) is 0 Å². The van der Waals surface area contributed by atoms with Crippen LogP contribution >= 0.6 is 11.3 Å². The maximum Gasteiger partial charge on any atom is 0.0985 e. The minimum atomic E-state index is 0.184. The topological polar surface area (TPSA) is 28.6 Å². The number of fused-ring (bicyclic) bond motifs is 1. The molecule has 0 aliphatic carbocycles. The van der Waals surface area contributed by atoms with Crippen LogP contribution in [0.2, 0.25) is 0 Å². The van der Waals surface area contributed by atoms with Crippen LogP contribution in [0.5, 0.6) is 0 Å². The molecule has 1 aromatic rings. The van der Waals surface area contributed by atoms with Crippen LogP contribution in [0, 0.1) is 0 Å². The molecule has 0 bridgehead atoms. The van der Waals surface area contributed by atoms with Crippen molar-refractivity contribution in [1.82, 2.24) is 14.8 Å². The molecule has 1 saturated heterocycles. The molecule has 22 heavy (non-hydrogen) atoms. The molecule has 1 aromatic heterocycles. The molecular weight excluding hydrogens is 294 g/mol. The van der Waals surface area contributed by atoms with Crippen LogP contribution < -0.4 is 0 Å². The SMILES string of the molecule is CC(C)(C)c1nc2c(s1)CN(CCCN1CCOCC1)CC2. The molecule has 4 nitrogen and oxygen atoms in total. The summed E-state index contributed by atoms with van der Waals surface area (Å²) in [4.78, 5) is 11.5. The lowest BCUT2D eigenvalue weighted by molar-refractivity contribution is 0.0359. The summed E-state index contributed by atoms with van der Waals surface area (Å²) in [5.74, 6) is 0. The van der Waals surface area contributed by atoms with Gasteiger partial charge in [-0.25, -0.2) is 4.98 Å². The van der Waals surface area contributed by atoms with E-state index in [9.17, 15) is 0 Å². The van der Waals surface area contributed by atoms with Gasteiger partial charge in [0.05, 0.1) is 23.9 Å². The summed E-state index contributed by atoms with van der Waals surface area (Å²) in [7, 11) is 0. The Morgan fingerprint density at radius 1 is 1.09 bits per heavy atom. The fourth-order valence-corrected chi connectivity index (χ4v) is 4.31. The van der Waals surface area contributed by atoms with Crippen LogP contribution in [0.4, 0.5) is 0 Å². The third-order valence-electron chi connectivity index (χ3n) is 4.50. The molecule has 0 spiro atoms. The minimum absolute atomic E-state index is 0.184. The number of thiazole rings is 1. The van der Waals surface area contributed by atoms with Gasteiger partial charge < -0.3 is 4.74 Å². The quantitative estimate of drug-likeness (QED) is 0.851. The van der Waals surface area contributed by atoms with Crippen LogP contribution in [0.25, 0.3) is 0 Å². The van der Waals surface area contributed by atoms with Gasteiger partial charge in [-0.05, 0) is 19.5 Å². The Labute approximate surface area is 138 Å². The van der Waals surface area contributed by atoms with Gasteiger partial charge >= 0.3 is 0 Å². The fourth-order valence-electron chi connectivity index (χ4n) is 3.10. The Hall–Kier alpha value is -0.490. The first-order valence-electron chi connectivity index (χ1n) is 8.54. The first kappa shape index (κ1) is 16.4. The third kappa shape index (κ3) is 4.07. The predicted octanol–water partition coefficient (Wildman–Crippen LogP) is 2.52. The molecule has 0 amide bonds. The van der Waals surface area contributed by atoms with E-state index in [4.69, 9.17) is 9.72 Å². The highest BCUT2D eigenvalue weighted by Gasteiger charge is 2.25. The Morgan fingerprint density at radius 3 is 2.55 bits per heavy atom. The van der Waals surface area contributed by atoms with Crippen LogP contribution in [0.3, 0.4) is 0 Å². The van der Waals surface area contributed by atoms with Gasteiger partial charge in [0.25, 0.3) is 0 Å². The van der Waals surface area contributed by atoms with E-state index in [2.05, 4.69) is 30.6 Å². The van der Waals surface area contributed by atoms with Crippen molar-refractivity contribution in [1.29, 1.82) is 0 Å². The molecule has 0 N–H and O–H groups in total. The molecule has 0 saturated carbocycles. The Morgan fingerprint density at radius 2 is 1.82 bits per heavy atom. The summed E-state index contributed by atoms with van der Waals surface area (Å²) in [6.07, 6.45) is 2.39. The summed E-state index contributed by atoms with van der Waals surface area (Å²) in [6.45, 7) is 15.5. The first-order valence-corrected chi connectivity index (χ1v) is 9.35. The van der Waals surface area contributed by atoms with Crippen LogP contribution in [-0.2, 0) is 23.1 Å². The molecule has 2 aliphatic heterocycles. The Bertz CT molecular complexity index is 489. The third-order valence-corrected chi connectivity index (χ3v) is 6.01. The lowest BCUT2D eigenvalue weighted by Crippen LogP contribution is -2.38. The van der Waals surface area contributed by atoms with Crippen molar-refractivity contribution in [2.24, 2.45) is 0 Å². The summed E-state index contributed by atoms with van der Waals surface area (Å²) < 4.78 is 5.41. The van der Waals surface area contributed by atoms with Crippen LogP contribution in [-0.4, -0.2) is 60.7 Å². The van der Waals surface area contributed by atoms with Crippen molar-refractivity contribution in [2.75, 3.05) is 45.9 Å². The molecule has 0 unspecified atom stereocenters. The molecule has 5 heteroatoms. The van der Waals surface area contributed by atoms with Crippen molar-refractivity contribution in [3.63, 3.8) is 0 Å². The predicted molar refractivity (Wildman–Crippen MR) is 91.7 cm³/mol. The molecule has 0 atom stereocenters. The van der Waals surface area contributed by atoms with Gasteiger partial charge in [-0.1, -0.05) is 20.8 Å². The van der Waals surface area contributed by atoms with Gasteiger partial charge in [-0.15, -0.1) is 11.3 Å². The number of aromatic nitrogens is 1. The van der Waals surface area contributed by atoms with E-state index in [1.165, 1.54) is 41.6 Å². The second-order valence-electron chi connectivity index (χ2n) is 7.47. The second-order valence-corrected chi connectivity index (χ2v) is 8.56. The number of rotatable bonds is 4. The van der Waals surface area contributed by atoms with E-state index < -0.39 is 0 Å². The van der Waals surface area contributed by atoms with Crippen molar-refractivity contribution in [3.8, 4) is 0 Å². The van der Waals surface area contributed by atoms with E-state index >= 15 is 0 Å². The number of nitrogens with zero attached hydrogens (tertiary/aromatic N) is 3.